The molecule has 0 aromatic carbocycles. The van der Waals surface area contributed by atoms with Gasteiger partial charge >= 0.3 is 0 Å². The summed E-state index contributed by atoms with van der Waals surface area (Å²) < 4.78 is 3.97. The van der Waals surface area contributed by atoms with Crippen LogP contribution in [0, 0.1) is 0 Å². The molecule has 2 aromatic rings. The number of aromatic nitrogens is 2. The first-order valence-electron chi connectivity index (χ1n) is 6.64. The lowest BCUT2D eigenvalue weighted by molar-refractivity contribution is -0.727. The van der Waals surface area contributed by atoms with Crippen molar-refractivity contribution >= 4 is 12.1 Å². The molecule has 0 spiro atoms. The van der Waals surface area contributed by atoms with E-state index < -0.39 is 5.91 Å². The third-order valence-corrected chi connectivity index (χ3v) is 3.06. The van der Waals surface area contributed by atoms with Gasteiger partial charge in [0.1, 0.15) is 5.56 Å². The Hall–Kier alpha value is -1.80. The zero-order valence-electron chi connectivity index (χ0n) is 12.3. The van der Waals surface area contributed by atoms with Crippen molar-refractivity contribution in [1.82, 2.24) is 0 Å². The fraction of sp³-hybridized carbons (Fsp3) is 0.200. The lowest BCUT2D eigenvalue weighted by Crippen LogP contribution is -3.00. The van der Waals surface area contributed by atoms with Crippen LogP contribution in [-0.2, 0) is 13.1 Å². The lowest BCUT2D eigenvalue weighted by Gasteiger charge is -1.98. The van der Waals surface area contributed by atoms with Crippen LogP contribution < -0.4 is 48.8 Å². The number of carbonyl (C=O) groups is 1. The monoisotopic (exact) mass is 444 g/mol. The maximum atomic E-state index is 11.1. The zero-order chi connectivity index (χ0) is 15.1. The largest absolute Gasteiger partial charge is 1.00 e. The van der Waals surface area contributed by atoms with Gasteiger partial charge in [0.25, 0.3) is 5.91 Å². The molecule has 0 fully saturated rings. The molecule has 0 aliphatic rings. The number of hydrogen-bond donors (Lipinski definition) is 2. The van der Waals surface area contributed by atoms with E-state index >= 15 is 0 Å². The van der Waals surface area contributed by atoms with Crippen LogP contribution in [0.3, 0.4) is 0 Å². The molecule has 0 bridgehead atoms. The SMILES string of the molecule is NC(=O)c1ccc[n+](CCC[n+]2cccc(/C=N/O)c2)c1.[Br-].[Br-]. The normalized spacial score (nSPS) is 9.91. The molecule has 3 N–H and O–H groups in total. The van der Waals surface area contributed by atoms with Crippen LogP contribution in [0.1, 0.15) is 22.3 Å². The van der Waals surface area contributed by atoms with Gasteiger partial charge in [0.05, 0.1) is 18.2 Å². The highest BCUT2D eigenvalue weighted by Crippen LogP contribution is 1.94. The summed E-state index contributed by atoms with van der Waals surface area (Å²) >= 11 is 0. The Morgan fingerprint density at radius 1 is 1.13 bits per heavy atom. The summed E-state index contributed by atoms with van der Waals surface area (Å²) in [5, 5.41) is 11.5. The molecule has 8 heteroatoms. The van der Waals surface area contributed by atoms with E-state index in [1.54, 1.807) is 12.3 Å². The van der Waals surface area contributed by atoms with Crippen molar-refractivity contribution in [3.05, 3.63) is 60.2 Å². The minimum absolute atomic E-state index is 0. The molecule has 0 radical (unpaired) electrons. The summed E-state index contributed by atoms with van der Waals surface area (Å²) in [5.41, 5.74) is 6.60. The van der Waals surface area contributed by atoms with E-state index in [9.17, 15) is 4.79 Å². The van der Waals surface area contributed by atoms with Crippen molar-refractivity contribution < 1.29 is 53.1 Å². The molecule has 0 atom stereocenters. The molecular formula is C15H18Br2N4O2. The van der Waals surface area contributed by atoms with Crippen molar-refractivity contribution in [1.29, 1.82) is 0 Å². The number of nitrogens with zero attached hydrogens (tertiary/aromatic N) is 3. The minimum Gasteiger partial charge on any atom is -1.00 e. The Kier molecular flexibility index (Phi) is 10.00. The molecule has 2 rings (SSSR count). The van der Waals surface area contributed by atoms with E-state index in [1.807, 2.05) is 45.9 Å². The smallest absolute Gasteiger partial charge is 0.254 e. The number of nitrogens with two attached hydrogens (primary N) is 1. The molecule has 124 valence electrons. The number of amides is 1. The number of aryl methyl sites for hydroxylation is 2. The van der Waals surface area contributed by atoms with Crippen LogP contribution in [0.5, 0.6) is 0 Å². The van der Waals surface area contributed by atoms with Crippen LogP contribution in [-0.4, -0.2) is 17.3 Å². The Bertz CT molecular complexity index is 665. The first-order chi connectivity index (χ1) is 10.2. The fourth-order valence-electron chi connectivity index (χ4n) is 2.07. The topological polar surface area (TPSA) is 83.4 Å². The van der Waals surface area contributed by atoms with Crippen LogP contribution in [0.25, 0.3) is 0 Å². The highest BCUT2D eigenvalue weighted by molar-refractivity contribution is 5.92. The first-order valence-corrected chi connectivity index (χ1v) is 6.64. The van der Waals surface area contributed by atoms with Crippen LogP contribution in [0.4, 0.5) is 0 Å². The van der Waals surface area contributed by atoms with Crippen molar-refractivity contribution in [2.45, 2.75) is 19.5 Å². The molecule has 0 saturated carbocycles. The molecule has 23 heavy (non-hydrogen) atoms. The molecule has 2 heterocycles. The number of hydrogen-bond acceptors (Lipinski definition) is 3. The van der Waals surface area contributed by atoms with Gasteiger partial charge in [-0.15, -0.1) is 0 Å². The summed E-state index contributed by atoms with van der Waals surface area (Å²) in [5.74, 6) is -0.422. The minimum atomic E-state index is -0.422. The maximum Gasteiger partial charge on any atom is 0.254 e. The van der Waals surface area contributed by atoms with Crippen molar-refractivity contribution in [3.63, 3.8) is 0 Å². The third kappa shape index (κ3) is 6.87. The van der Waals surface area contributed by atoms with Crippen molar-refractivity contribution in [2.75, 3.05) is 0 Å². The van der Waals surface area contributed by atoms with E-state index in [0.29, 0.717) is 5.56 Å². The van der Waals surface area contributed by atoms with E-state index in [0.717, 1.165) is 25.1 Å². The molecule has 2 aromatic heterocycles. The summed E-state index contributed by atoms with van der Waals surface area (Å²) in [7, 11) is 0. The van der Waals surface area contributed by atoms with Crippen molar-refractivity contribution in [3.8, 4) is 0 Å². The summed E-state index contributed by atoms with van der Waals surface area (Å²) in [6, 6.07) is 7.27. The standard InChI is InChI=1S/C15H16N4O2.2BrH/c16-15(20)14-5-2-7-19(12-14)9-3-8-18-6-1-4-13(11-18)10-17-21;;/h1-2,4-7,10-12H,3,8-9H2,(H-2,16,20,21);2*1H/b17-10+;;. The molecule has 6 nitrogen and oxygen atoms in total. The summed E-state index contributed by atoms with van der Waals surface area (Å²) in [6.07, 6.45) is 9.82. The highest BCUT2D eigenvalue weighted by atomic mass is 79.9. The first kappa shape index (κ1) is 21.2. The van der Waals surface area contributed by atoms with Crippen LogP contribution in [0.15, 0.2) is 54.2 Å². The predicted octanol–water partition coefficient (Wildman–Crippen LogP) is -5.73. The van der Waals surface area contributed by atoms with Gasteiger partial charge in [-0.2, -0.15) is 0 Å². The average Bonchev–Trinajstić information content (AvgIpc) is 2.48. The van der Waals surface area contributed by atoms with Crippen molar-refractivity contribution in [2.24, 2.45) is 10.9 Å². The van der Waals surface area contributed by atoms with E-state index in [-0.39, 0.29) is 34.0 Å². The number of rotatable bonds is 6. The lowest BCUT2D eigenvalue weighted by atomic mass is 10.2. The van der Waals surface area contributed by atoms with E-state index in [4.69, 9.17) is 10.9 Å². The number of halogens is 2. The molecule has 0 aliphatic carbocycles. The van der Waals surface area contributed by atoms with Crippen LogP contribution >= 0.6 is 0 Å². The number of primary amides is 1. The molecule has 0 saturated heterocycles. The van der Waals surface area contributed by atoms with Gasteiger partial charge in [-0.05, 0) is 12.1 Å². The molecule has 0 aliphatic heterocycles. The fourth-order valence-corrected chi connectivity index (χ4v) is 2.07. The van der Waals surface area contributed by atoms with Gasteiger partial charge in [-0.1, -0.05) is 5.16 Å². The zero-order valence-corrected chi connectivity index (χ0v) is 15.5. The molecular weight excluding hydrogens is 428 g/mol. The average molecular weight is 446 g/mol. The van der Waals surface area contributed by atoms with Gasteiger partial charge in [0.15, 0.2) is 37.9 Å². The number of oxime groups is 1. The second-order valence-electron chi connectivity index (χ2n) is 4.67. The molecule has 1 amide bonds. The second kappa shape index (κ2) is 10.8. The van der Waals surface area contributed by atoms with Gasteiger partial charge in [-0.25, -0.2) is 9.13 Å². The van der Waals surface area contributed by atoms with Gasteiger partial charge in [0.2, 0.25) is 0 Å². The number of pyridine rings is 2. The Labute approximate surface area is 155 Å². The van der Waals surface area contributed by atoms with Gasteiger partial charge < -0.3 is 44.9 Å². The maximum absolute atomic E-state index is 11.1. The van der Waals surface area contributed by atoms with Gasteiger partial charge in [0, 0.05) is 12.1 Å². The molecule has 0 unspecified atom stereocenters. The number of carbonyl (C=O) groups excluding carboxylic acids is 1. The van der Waals surface area contributed by atoms with Gasteiger partial charge in [-0.3, -0.25) is 4.79 Å². The second-order valence-corrected chi connectivity index (χ2v) is 4.67. The van der Waals surface area contributed by atoms with E-state index in [2.05, 4.69) is 5.16 Å². The quantitative estimate of drug-likeness (QED) is 0.201. The predicted molar refractivity (Wildman–Crippen MR) is 75.8 cm³/mol. The van der Waals surface area contributed by atoms with Crippen LogP contribution in [0.2, 0.25) is 0 Å². The third-order valence-electron chi connectivity index (χ3n) is 3.06. The highest BCUT2D eigenvalue weighted by Gasteiger charge is 2.08. The summed E-state index contributed by atoms with van der Waals surface area (Å²) in [6.45, 7) is 1.60. The Morgan fingerprint density at radius 2 is 1.74 bits per heavy atom. The Balaban J connectivity index is 0.00000242. The Morgan fingerprint density at radius 3 is 2.35 bits per heavy atom. The summed E-state index contributed by atoms with van der Waals surface area (Å²) in [4.78, 5) is 11.1. The van der Waals surface area contributed by atoms with E-state index in [1.165, 1.54) is 6.21 Å².